The molecule has 120 valence electrons. The minimum absolute atomic E-state index is 0.0486. The van der Waals surface area contributed by atoms with Crippen molar-refractivity contribution in [1.29, 1.82) is 0 Å². The number of aromatic nitrogens is 1. The van der Waals surface area contributed by atoms with Crippen LogP contribution in [0.5, 0.6) is 0 Å². The van der Waals surface area contributed by atoms with E-state index in [9.17, 15) is 4.79 Å². The summed E-state index contributed by atoms with van der Waals surface area (Å²) in [7, 11) is 0. The van der Waals surface area contributed by atoms with Gasteiger partial charge in [-0.15, -0.1) is 0 Å². The second kappa shape index (κ2) is 7.77. The number of piperidine rings is 1. The van der Waals surface area contributed by atoms with Crippen molar-refractivity contribution in [2.45, 2.75) is 32.2 Å². The molecule has 0 aliphatic carbocycles. The fourth-order valence-corrected chi connectivity index (χ4v) is 2.93. The SMILES string of the molecule is O=C(Cc1ccc(N2CCCCC2)cc1)NCc1ccncc1. The number of carbonyl (C=O) groups excluding carboxylic acids is 1. The smallest absolute Gasteiger partial charge is 0.224 e. The maximum absolute atomic E-state index is 12.0. The zero-order valence-corrected chi connectivity index (χ0v) is 13.4. The number of rotatable bonds is 5. The molecular weight excluding hydrogens is 286 g/mol. The van der Waals surface area contributed by atoms with Crippen LogP contribution >= 0.6 is 0 Å². The molecule has 1 saturated heterocycles. The van der Waals surface area contributed by atoms with E-state index in [1.165, 1.54) is 24.9 Å². The number of benzene rings is 1. The summed E-state index contributed by atoms with van der Waals surface area (Å²) in [5, 5.41) is 2.95. The first-order valence-electron chi connectivity index (χ1n) is 8.31. The standard InChI is InChI=1S/C19H23N3O/c23-19(21-15-17-8-10-20-11-9-17)14-16-4-6-18(7-5-16)22-12-2-1-3-13-22/h4-11H,1-3,12-15H2,(H,21,23). The lowest BCUT2D eigenvalue weighted by Gasteiger charge is -2.28. The molecule has 0 atom stereocenters. The third-order valence-electron chi connectivity index (χ3n) is 4.26. The van der Waals surface area contributed by atoms with Crippen LogP contribution in [0.3, 0.4) is 0 Å². The lowest BCUT2D eigenvalue weighted by atomic mass is 10.1. The van der Waals surface area contributed by atoms with Gasteiger partial charge in [-0.05, 0) is 54.7 Å². The molecule has 2 aromatic rings. The summed E-state index contributed by atoms with van der Waals surface area (Å²) in [6.07, 6.45) is 7.79. The maximum atomic E-state index is 12.0. The number of hydrogen-bond acceptors (Lipinski definition) is 3. The topological polar surface area (TPSA) is 45.2 Å². The molecule has 0 saturated carbocycles. The first kappa shape index (κ1) is 15.5. The van der Waals surface area contributed by atoms with Gasteiger partial charge >= 0.3 is 0 Å². The van der Waals surface area contributed by atoms with E-state index in [1.54, 1.807) is 12.4 Å². The number of anilines is 1. The molecule has 1 amide bonds. The number of hydrogen-bond donors (Lipinski definition) is 1. The molecule has 0 radical (unpaired) electrons. The number of nitrogens with one attached hydrogen (secondary N) is 1. The van der Waals surface area contributed by atoms with E-state index in [0.717, 1.165) is 24.2 Å². The van der Waals surface area contributed by atoms with E-state index < -0.39 is 0 Å². The Morgan fingerprint density at radius 3 is 2.35 bits per heavy atom. The fraction of sp³-hybridized carbons (Fsp3) is 0.368. The highest BCUT2D eigenvalue weighted by atomic mass is 16.1. The van der Waals surface area contributed by atoms with Crippen molar-refractivity contribution in [2.75, 3.05) is 18.0 Å². The van der Waals surface area contributed by atoms with Crippen molar-refractivity contribution in [3.8, 4) is 0 Å². The maximum Gasteiger partial charge on any atom is 0.224 e. The molecule has 0 bridgehead atoms. The second-order valence-electron chi connectivity index (χ2n) is 6.02. The monoisotopic (exact) mass is 309 g/mol. The third-order valence-corrected chi connectivity index (χ3v) is 4.26. The van der Waals surface area contributed by atoms with Crippen molar-refractivity contribution >= 4 is 11.6 Å². The summed E-state index contributed by atoms with van der Waals surface area (Å²) in [5.74, 6) is 0.0486. The molecule has 2 heterocycles. The van der Waals surface area contributed by atoms with E-state index in [4.69, 9.17) is 0 Å². The van der Waals surface area contributed by atoms with Gasteiger partial charge in [0.2, 0.25) is 5.91 Å². The van der Waals surface area contributed by atoms with Gasteiger partial charge in [0.05, 0.1) is 6.42 Å². The Labute approximate surface area is 137 Å². The molecule has 1 aromatic heterocycles. The van der Waals surface area contributed by atoms with Crippen molar-refractivity contribution in [2.24, 2.45) is 0 Å². The molecule has 4 heteroatoms. The van der Waals surface area contributed by atoms with Crippen LogP contribution in [0, 0.1) is 0 Å². The van der Waals surface area contributed by atoms with E-state index in [1.807, 2.05) is 12.1 Å². The normalized spacial score (nSPS) is 14.5. The largest absolute Gasteiger partial charge is 0.372 e. The van der Waals surface area contributed by atoms with Gasteiger partial charge in [0.1, 0.15) is 0 Å². The Kier molecular flexibility index (Phi) is 5.25. The zero-order chi connectivity index (χ0) is 15.9. The van der Waals surface area contributed by atoms with Crippen molar-refractivity contribution in [3.63, 3.8) is 0 Å². The lowest BCUT2D eigenvalue weighted by molar-refractivity contribution is -0.120. The molecule has 3 rings (SSSR count). The average Bonchev–Trinajstić information content (AvgIpc) is 2.62. The zero-order valence-electron chi connectivity index (χ0n) is 13.4. The highest BCUT2D eigenvalue weighted by molar-refractivity contribution is 5.78. The fourth-order valence-electron chi connectivity index (χ4n) is 2.93. The predicted octanol–water partition coefficient (Wildman–Crippen LogP) is 2.93. The van der Waals surface area contributed by atoms with Crippen LogP contribution in [0.25, 0.3) is 0 Å². The van der Waals surface area contributed by atoms with Gasteiger partial charge in [-0.2, -0.15) is 0 Å². The molecule has 0 unspecified atom stereocenters. The van der Waals surface area contributed by atoms with E-state index in [2.05, 4.69) is 39.5 Å². The van der Waals surface area contributed by atoms with Crippen LogP contribution in [0.1, 0.15) is 30.4 Å². The minimum Gasteiger partial charge on any atom is -0.372 e. The second-order valence-corrected chi connectivity index (χ2v) is 6.02. The van der Waals surface area contributed by atoms with E-state index in [0.29, 0.717) is 13.0 Å². The summed E-state index contributed by atoms with van der Waals surface area (Å²) in [6.45, 7) is 2.84. The van der Waals surface area contributed by atoms with Crippen LogP contribution in [-0.2, 0) is 17.8 Å². The molecule has 0 spiro atoms. The van der Waals surface area contributed by atoms with Gasteiger partial charge in [-0.25, -0.2) is 0 Å². The molecular formula is C19H23N3O. The Balaban J connectivity index is 1.50. The lowest BCUT2D eigenvalue weighted by Crippen LogP contribution is -2.29. The summed E-state index contributed by atoms with van der Waals surface area (Å²) in [4.78, 5) is 18.4. The predicted molar refractivity (Wildman–Crippen MR) is 92.3 cm³/mol. The first-order chi connectivity index (χ1) is 11.3. The van der Waals surface area contributed by atoms with Crippen LogP contribution in [0.15, 0.2) is 48.8 Å². The number of amides is 1. The molecule has 1 aliphatic heterocycles. The Morgan fingerprint density at radius 1 is 0.957 bits per heavy atom. The summed E-state index contributed by atoms with van der Waals surface area (Å²) in [5.41, 5.74) is 3.39. The molecule has 1 N–H and O–H groups in total. The van der Waals surface area contributed by atoms with Crippen molar-refractivity contribution in [3.05, 3.63) is 59.9 Å². The van der Waals surface area contributed by atoms with Crippen molar-refractivity contribution < 1.29 is 4.79 Å². The molecule has 1 aromatic carbocycles. The Morgan fingerprint density at radius 2 is 1.65 bits per heavy atom. The average molecular weight is 309 g/mol. The van der Waals surface area contributed by atoms with Crippen LogP contribution in [0.4, 0.5) is 5.69 Å². The summed E-state index contributed by atoms with van der Waals surface area (Å²) in [6, 6.07) is 12.2. The number of nitrogens with zero attached hydrogens (tertiary/aromatic N) is 2. The Hall–Kier alpha value is -2.36. The molecule has 1 fully saturated rings. The molecule has 4 nitrogen and oxygen atoms in total. The highest BCUT2D eigenvalue weighted by Gasteiger charge is 2.11. The first-order valence-corrected chi connectivity index (χ1v) is 8.31. The Bertz CT molecular complexity index is 619. The van der Waals surface area contributed by atoms with Crippen LogP contribution in [0.2, 0.25) is 0 Å². The molecule has 1 aliphatic rings. The summed E-state index contributed by atoms with van der Waals surface area (Å²) >= 11 is 0. The third kappa shape index (κ3) is 4.55. The number of pyridine rings is 1. The molecule has 23 heavy (non-hydrogen) atoms. The van der Waals surface area contributed by atoms with Crippen LogP contribution < -0.4 is 10.2 Å². The quantitative estimate of drug-likeness (QED) is 0.923. The highest BCUT2D eigenvalue weighted by Crippen LogP contribution is 2.20. The van der Waals surface area contributed by atoms with E-state index in [-0.39, 0.29) is 5.91 Å². The van der Waals surface area contributed by atoms with E-state index >= 15 is 0 Å². The van der Waals surface area contributed by atoms with Gasteiger partial charge < -0.3 is 10.2 Å². The van der Waals surface area contributed by atoms with Gasteiger partial charge in [-0.3, -0.25) is 9.78 Å². The minimum atomic E-state index is 0.0486. The van der Waals surface area contributed by atoms with Gasteiger partial charge in [0.25, 0.3) is 0 Å². The number of carbonyl (C=O) groups is 1. The van der Waals surface area contributed by atoms with Gasteiger partial charge in [0.15, 0.2) is 0 Å². The van der Waals surface area contributed by atoms with Crippen molar-refractivity contribution in [1.82, 2.24) is 10.3 Å². The summed E-state index contributed by atoms with van der Waals surface area (Å²) < 4.78 is 0. The van der Waals surface area contributed by atoms with Gasteiger partial charge in [-0.1, -0.05) is 12.1 Å². The van der Waals surface area contributed by atoms with Crippen LogP contribution in [-0.4, -0.2) is 24.0 Å². The van der Waals surface area contributed by atoms with Gasteiger partial charge in [0, 0.05) is 37.7 Å².